The molecule has 0 spiro atoms. The average Bonchev–Trinajstić information content (AvgIpc) is 2.53. The Hall–Kier alpha value is -1.30. The summed E-state index contributed by atoms with van der Waals surface area (Å²) in [6.45, 7) is 4.41. The summed E-state index contributed by atoms with van der Waals surface area (Å²) in [5, 5.41) is 3.40. The Bertz CT molecular complexity index is 581. The van der Waals surface area contributed by atoms with Crippen molar-refractivity contribution < 1.29 is 9.59 Å². The van der Waals surface area contributed by atoms with Crippen LogP contribution < -0.4 is 5.32 Å². The van der Waals surface area contributed by atoms with Gasteiger partial charge < -0.3 is 10.2 Å². The molecule has 1 aromatic rings. The molecule has 5 nitrogen and oxygen atoms in total. The molecule has 7 heteroatoms. The van der Waals surface area contributed by atoms with Gasteiger partial charge in [-0.05, 0) is 44.0 Å². The predicted molar refractivity (Wildman–Crippen MR) is 97.6 cm³/mol. The minimum atomic E-state index is -0.326. The molecule has 0 bridgehead atoms. The fraction of sp³-hybridized carbons (Fsp3) is 0.529. The van der Waals surface area contributed by atoms with E-state index in [1.807, 2.05) is 0 Å². The molecule has 0 atom stereocenters. The van der Waals surface area contributed by atoms with Gasteiger partial charge in [0.15, 0.2) is 0 Å². The lowest BCUT2D eigenvalue weighted by Gasteiger charge is -2.30. The Kier molecular flexibility index (Phi) is 6.90. The number of rotatable bonds is 5. The Morgan fingerprint density at radius 1 is 1.25 bits per heavy atom. The van der Waals surface area contributed by atoms with Crippen LogP contribution in [0.15, 0.2) is 18.2 Å². The SMILES string of the molecule is CC1CCN(CC(=O)N(C)CC(=O)Nc2c(Cl)cccc2Cl)CC1. The lowest BCUT2D eigenvalue weighted by Crippen LogP contribution is -2.44. The third-order valence-corrected chi connectivity index (χ3v) is 4.90. The number of benzene rings is 1. The predicted octanol–water partition coefficient (Wildman–Crippen LogP) is 3.12. The van der Waals surface area contributed by atoms with Crippen molar-refractivity contribution in [3.63, 3.8) is 0 Å². The maximum atomic E-state index is 12.3. The largest absolute Gasteiger partial charge is 0.335 e. The van der Waals surface area contributed by atoms with Gasteiger partial charge in [-0.3, -0.25) is 14.5 Å². The summed E-state index contributed by atoms with van der Waals surface area (Å²) in [6.07, 6.45) is 2.23. The number of hydrogen-bond acceptors (Lipinski definition) is 3. The van der Waals surface area contributed by atoms with Gasteiger partial charge >= 0.3 is 0 Å². The lowest BCUT2D eigenvalue weighted by atomic mass is 9.99. The number of para-hydroxylation sites is 1. The molecule has 132 valence electrons. The van der Waals surface area contributed by atoms with Crippen molar-refractivity contribution in [2.45, 2.75) is 19.8 Å². The first kappa shape index (κ1) is 19.0. The number of likely N-dealkylation sites (tertiary alicyclic amines) is 1. The van der Waals surface area contributed by atoms with Gasteiger partial charge in [0, 0.05) is 7.05 Å². The number of carbonyl (C=O) groups is 2. The number of nitrogens with one attached hydrogen (secondary N) is 1. The smallest absolute Gasteiger partial charge is 0.244 e. The zero-order valence-electron chi connectivity index (χ0n) is 14.0. The van der Waals surface area contributed by atoms with Gasteiger partial charge in [0.25, 0.3) is 0 Å². The Morgan fingerprint density at radius 2 is 1.83 bits per heavy atom. The molecule has 1 aliphatic rings. The molecule has 1 aromatic carbocycles. The van der Waals surface area contributed by atoms with E-state index in [0.29, 0.717) is 22.3 Å². The minimum Gasteiger partial charge on any atom is -0.335 e. The molecule has 0 unspecified atom stereocenters. The summed E-state index contributed by atoms with van der Waals surface area (Å²) in [4.78, 5) is 28.0. The summed E-state index contributed by atoms with van der Waals surface area (Å²) in [5.41, 5.74) is 0.372. The molecule has 0 aromatic heterocycles. The van der Waals surface area contributed by atoms with Crippen LogP contribution in [0.2, 0.25) is 10.0 Å². The van der Waals surface area contributed by atoms with Crippen molar-refractivity contribution in [1.29, 1.82) is 0 Å². The Morgan fingerprint density at radius 3 is 2.42 bits per heavy atom. The van der Waals surface area contributed by atoms with E-state index in [2.05, 4.69) is 17.1 Å². The van der Waals surface area contributed by atoms with Crippen molar-refractivity contribution >= 4 is 40.7 Å². The zero-order valence-corrected chi connectivity index (χ0v) is 15.5. The molecular weight excluding hydrogens is 349 g/mol. The number of hydrogen-bond donors (Lipinski definition) is 1. The molecule has 0 radical (unpaired) electrons. The monoisotopic (exact) mass is 371 g/mol. The minimum absolute atomic E-state index is 0.0371. The van der Waals surface area contributed by atoms with Crippen LogP contribution in [0.25, 0.3) is 0 Å². The Balaban J connectivity index is 1.83. The maximum Gasteiger partial charge on any atom is 0.244 e. The van der Waals surface area contributed by atoms with Crippen molar-refractivity contribution in [3.8, 4) is 0 Å². The summed E-state index contributed by atoms with van der Waals surface area (Å²) in [7, 11) is 1.63. The van der Waals surface area contributed by atoms with E-state index >= 15 is 0 Å². The summed E-state index contributed by atoms with van der Waals surface area (Å²) >= 11 is 12.1. The van der Waals surface area contributed by atoms with E-state index < -0.39 is 0 Å². The molecule has 1 heterocycles. The molecule has 1 N–H and O–H groups in total. The second-order valence-corrected chi connectivity index (χ2v) is 7.17. The fourth-order valence-electron chi connectivity index (χ4n) is 2.63. The average molecular weight is 372 g/mol. The molecule has 1 fully saturated rings. The molecule has 1 aliphatic heterocycles. The lowest BCUT2D eigenvalue weighted by molar-refractivity contribution is -0.134. The number of likely N-dealkylation sites (N-methyl/N-ethyl adjacent to an activating group) is 1. The van der Waals surface area contributed by atoms with Gasteiger partial charge in [-0.2, -0.15) is 0 Å². The third kappa shape index (κ3) is 5.36. The number of nitrogens with zero attached hydrogens (tertiary/aromatic N) is 2. The third-order valence-electron chi connectivity index (χ3n) is 4.27. The van der Waals surface area contributed by atoms with Crippen molar-refractivity contribution in [3.05, 3.63) is 28.2 Å². The first-order valence-corrected chi connectivity index (χ1v) is 8.82. The maximum absolute atomic E-state index is 12.3. The van der Waals surface area contributed by atoms with Crippen molar-refractivity contribution in [2.75, 3.05) is 38.5 Å². The molecule has 2 amide bonds. The normalized spacial score (nSPS) is 16.0. The summed E-state index contributed by atoms with van der Waals surface area (Å²) in [6, 6.07) is 5.00. The van der Waals surface area contributed by atoms with Crippen LogP contribution in [0.4, 0.5) is 5.69 Å². The van der Waals surface area contributed by atoms with Gasteiger partial charge in [0.2, 0.25) is 11.8 Å². The van der Waals surface area contributed by atoms with Crippen molar-refractivity contribution in [2.24, 2.45) is 5.92 Å². The van der Waals surface area contributed by atoms with Crippen LogP contribution in [0.5, 0.6) is 0 Å². The standard InChI is InChI=1S/C17H23Cl2N3O2/c1-12-6-8-22(9-7-12)11-16(24)21(2)10-15(23)20-17-13(18)4-3-5-14(17)19/h3-5,12H,6-11H2,1-2H3,(H,20,23). The van der Waals surface area contributed by atoms with Gasteiger partial charge in [-0.25, -0.2) is 0 Å². The number of carbonyl (C=O) groups excluding carboxylic acids is 2. The van der Waals surface area contributed by atoms with Crippen LogP contribution in [-0.2, 0) is 9.59 Å². The topological polar surface area (TPSA) is 52.7 Å². The van der Waals surface area contributed by atoms with Gasteiger partial charge in [0.1, 0.15) is 0 Å². The van der Waals surface area contributed by atoms with Crippen LogP contribution >= 0.6 is 23.2 Å². The highest BCUT2D eigenvalue weighted by Gasteiger charge is 2.21. The highest BCUT2D eigenvalue weighted by Crippen LogP contribution is 2.29. The van der Waals surface area contributed by atoms with Crippen LogP contribution in [0, 0.1) is 5.92 Å². The molecular formula is C17H23Cl2N3O2. The number of amides is 2. The Labute approximate surface area is 152 Å². The van der Waals surface area contributed by atoms with E-state index in [-0.39, 0.29) is 18.4 Å². The molecule has 0 aliphatic carbocycles. The van der Waals surface area contributed by atoms with Crippen LogP contribution in [0.1, 0.15) is 19.8 Å². The van der Waals surface area contributed by atoms with Crippen LogP contribution in [0.3, 0.4) is 0 Å². The number of piperidine rings is 1. The second-order valence-electron chi connectivity index (χ2n) is 6.35. The van der Waals surface area contributed by atoms with E-state index in [9.17, 15) is 9.59 Å². The summed E-state index contributed by atoms with van der Waals surface area (Å²) < 4.78 is 0. The molecule has 0 saturated carbocycles. The van der Waals surface area contributed by atoms with E-state index in [1.54, 1.807) is 25.2 Å². The number of anilines is 1. The van der Waals surface area contributed by atoms with Crippen LogP contribution in [-0.4, -0.2) is 54.8 Å². The van der Waals surface area contributed by atoms with Gasteiger partial charge in [-0.15, -0.1) is 0 Å². The first-order chi connectivity index (χ1) is 11.4. The summed E-state index contributed by atoms with van der Waals surface area (Å²) in [5.74, 6) is 0.332. The van der Waals surface area contributed by atoms with E-state index in [4.69, 9.17) is 23.2 Å². The number of halogens is 2. The highest BCUT2D eigenvalue weighted by molar-refractivity contribution is 6.39. The van der Waals surface area contributed by atoms with Gasteiger partial charge in [0.05, 0.1) is 28.8 Å². The van der Waals surface area contributed by atoms with Crippen molar-refractivity contribution in [1.82, 2.24) is 9.80 Å². The molecule has 1 saturated heterocycles. The zero-order chi connectivity index (χ0) is 17.7. The fourth-order valence-corrected chi connectivity index (χ4v) is 3.12. The van der Waals surface area contributed by atoms with E-state index in [1.165, 1.54) is 4.90 Å². The highest BCUT2D eigenvalue weighted by atomic mass is 35.5. The molecule has 24 heavy (non-hydrogen) atoms. The first-order valence-electron chi connectivity index (χ1n) is 8.07. The second kappa shape index (κ2) is 8.70. The quantitative estimate of drug-likeness (QED) is 0.864. The van der Waals surface area contributed by atoms with E-state index in [0.717, 1.165) is 31.8 Å². The van der Waals surface area contributed by atoms with Gasteiger partial charge in [-0.1, -0.05) is 36.2 Å². The molecule has 2 rings (SSSR count).